The van der Waals surface area contributed by atoms with E-state index >= 15 is 0 Å². The fourth-order valence-electron chi connectivity index (χ4n) is 3.95. The molecule has 0 amide bonds. The van der Waals surface area contributed by atoms with Gasteiger partial charge in [-0.15, -0.1) is 0 Å². The third kappa shape index (κ3) is 3.13. The molecule has 19 heavy (non-hydrogen) atoms. The van der Waals surface area contributed by atoms with Gasteiger partial charge < -0.3 is 5.11 Å². The first-order valence-electron chi connectivity index (χ1n) is 7.92. The average molecular weight is 267 g/mol. The lowest BCUT2D eigenvalue weighted by molar-refractivity contribution is -0.153. The van der Waals surface area contributed by atoms with Crippen LogP contribution in [0.2, 0.25) is 0 Å². The zero-order valence-electron chi connectivity index (χ0n) is 12.7. The lowest BCUT2D eigenvalue weighted by Crippen LogP contribution is -2.47. The first-order chi connectivity index (χ1) is 8.94. The van der Waals surface area contributed by atoms with Crippen LogP contribution in [-0.4, -0.2) is 35.1 Å². The van der Waals surface area contributed by atoms with E-state index < -0.39 is 11.4 Å². The average Bonchev–Trinajstić information content (AvgIpc) is 2.80. The van der Waals surface area contributed by atoms with Gasteiger partial charge in [0.25, 0.3) is 0 Å². The highest BCUT2D eigenvalue weighted by Crippen LogP contribution is 2.41. The van der Waals surface area contributed by atoms with E-state index in [9.17, 15) is 9.90 Å². The van der Waals surface area contributed by atoms with E-state index in [0.29, 0.717) is 17.9 Å². The zero-order chi connectivity index (χ0) is 14.0. The number of likely N-dealkylation sites (tertiary alicyclic amines) is 1. The molecule has 3 heteroatoms. The van der Waals surface area contributed by atoms with Crippen molar-refractivity contribution in [1.29, 1.82) is 0 Å². The minimum Gasteiger partial charge on any atom is -0.481 e. The molecule has 0 spiro atoms. The van der Waals surface area contributed by atoms with Gasteiger partial charge in [0.05, 0.1) is 5.41 Å². The Morgan fingerprint density at radius 2 is 1.95 bits per heavy atom. The van der Waals surface area contributed by atoms with E-state index in [1.54, 1.807) is 0 Å². The molecule has 2 aliphatic rings. The molecule has 0 aromatic carbocycles. The van der Waals surface area contributed by atoms with Crippen LogP contribution in [0.25, 0.3) is 0 Å². The maximum atomic E-state index is 11.8. The smallest absolute Gasteiger partial charge is 0.310 e. The second kappa shape index (κ2) is 5.82. The monoisotopic (exact) mass is 267 g/mol. The summed E-state index contributed by atoms with van der Waals surface area (Å²) in [5.41, 5.74) is -0.468. The fourth-order valence-corrected chi connectivity index (χ4v) is 3.95. The van der Waals surface area contributed by atoms with Crippen LogP contribution >= 0.6 is 0 Å². The summed E-state index contributed by atoms with van der Waals surface area (Å²) in [7, 11) is 0. The normalized spacial score (nSPS) is 36.8. The molecular weight excluding hydrogens is 238 g/mol. The third-order valence-electron chi connectivity index (χ3n) is 5.37. The zero-order valence-corrected chi connectivity index (χ0v) is 12.7. The molecule has 110 valence electrons. The van der Waals surface area contributed by atoms with E-state index in [2.05, 4.69) is 25.7 Å². The predicted molar refractivity (Wildman–Crippen MR) is 77.1 cm³/mol. The summed E-state index contributed by atoms with van der Waals surface area (Å²) in [5, 5.41) is 9.73. The number of nitrogens with zero attached hydrogens (tertiary/aromatic N) is 1. The van der Waals surface area contributed by atoms with Crippen molar-refractivity contribution in [2.45, 2.75) is 65.3 Å². The Hall–Kier alpha value is -0.570. The molecule has 1 saturated heterocycles. The predicted octanol–water partition coefficient (Wildman–Crippen LogP) is 3.39. The van der Waals surface area contributed by atoms with Gasteiger partial charge in [-0.2, -0.15) is 0 Å². The van der Waals surface area contributed by atoms with E-state index in [4.69, 9.17) is 0 Å². The van der Waals surface area contributed by atoms with Crippen LogP contribution in [0.4, 0.5) is 0 Å². The summed E-state index contributed by atoms with van der Waals surface area (Å²) in [4.78, 5) is 14.3. The molecule has 1 aliphatic carbocycles. The second-order valence-electron chi connectivity index (χ2n) is 7.19. The number of carboxylic acid groups (broad SMARTS) is 1. The van der Waals surface area contributed by atoms with Crippen molar-refractivity contribution in [3.05, 3.63) is 0 Å². The minimum atomic E-state index is -0.561. The topological polar surface area (TPSA) is 40.5 Å². The Kier molecular flexibility index (Phi) is 4.54. The molecule has 1 N–H and O–H groups in total. The van der Waals surface area contributed by atoms with Crippen LogP contribution < -0.4 is 0 Å². The van der Waals surface area contributed by atoms with Crippen LogP contribution in [0.3, 0.4) is 0 Å². The lowest BCUT2D eigenvalue weighted by Gasteiger charge is -2.40. The summed E-state index contributed by atoms with van der Waals surface area (Å²) >= 11 is 0. The molecule has 1 aliphatic heterocycles. The highest BCUT2D eigenvalue weighted by Gasteiger charge is 2.44. The Balaban J connectivity index is 2.07. The number of rotatable bonds is 4. The maximum absolute atomic E-state index is 11.8. The Bertz CT molecular complexity index is 319. The molecule has 0 aromatic rings. The molecule has 1 unspecified atom stereocenters. The van der Waals surface area contributed by atoms with Gasteiger partial charge in [-0.1, -0.05) is 20.8 Å². The molecular formula is C16H29NO2. The van der Waals surface area contributed by atoms with Crippen molar-refractivity contribution in [2.75, 3.05) is 13.1 Å². The van der Waals surface area contributed by atoms with E-state index in [-0.39, 0.29) is 0 Å². The SMILES string of the molecule is CC1CCC(CN2CCCC2C(C)C)(C(=O)O)CC1. The Labute approximate surface area is 117 Å². The first-order valence-corrected chi connectivity index (χ1v) is 7.92. The van der Waals surface area contributed by atoms with Gasteiger partial charge in [0.2, 0.25) is 0 Å². The van der Waals surface area contributed by atoms with Crippen molar-refractivity contribution in [1.82, 2.24) is 4.90 Å². The van der Waals surface area contributed by atoms with Gasteiger partial charge >= 0.3 is 5.97 Å². The standard InChI is InChI=1S/C16H29NO2/c1-12(2)14-5-4-10-17(14)11-16(15(18)19)8-6-13(3)7-9-16/h12-14H,4-11H2,1-3H3,(H,18,19). The van der Waals surface area contributed by atoms with Crippen LogP contribution in [0.5, 0.6) is 0 Å². The van der Waals surface area contributed by atoms with E-state index in [1.165, 1.54) is 12.8 Å². The van der Waals surface area contributed by atoms with Gasteiger partial charge in [0.1, 0.15) is 0 Å². The molecule has 2 fully saturated rings. The molecule has 1 heterocycles. The Morgan fingerprint density at radius 1 is 1.32 bits per heavy atom. The largest absolute Gasteiger partial charge is 0.481 e. The van der Waals surface area contributed by atoms with Crippen molar-refractivity contribution >= 4 is 5.97 Å². The van der Waals surface area contributed by atoms with Crippen molar-refractivity contribution < 1.29 is 9.90 Å². The van der Waals surface area contributed by atoms with Gasteiger partial charge in [0.15, 0.2) is 0 Å². The van der Waals surface area contributed by atoms with Crippen molar-refractivity contribution in [3.8, 4) is 0 Å². The van der Waals surface area contributed by atoms with Crippen LogP contribution in [0.1, 0.15) is 59.3 Å². The quantitative estimate of drug-likeness (QED) is 0.849. The molecule has 0 radical (unpaired) electrons. The van der Waals surface area contributed by atoms with E-state index in [1.807, 2.05) is 0 Å². The van der Waals surface area contributed by atoms with Crippen molar-refractivity contribution in [3.63, 3.8) is 0 Å². The number of carbonyl (C=O) groups is 1. The molecule has 1 saturated carbocycles. The highest BCUT2D eigenvalue weighted by molar-refractivity contribution is 5.75. The molecule has 1 atom stereocenters. The number of aliphatic carboxylic acids is 1. The third-order valence-corrected chi connectivity index (χ3v) is 5.37. The van der Waals surface area contributed by atoms with Crippen LogP contribution in [0.15, 0.2) is 0 Å². The van der Waals surface area contributed by atoms with Gasteiger partial charge in [-0.3, -0.25) is 9.69 Å². The number of hydrogen-bond donors (Lipinski definition) is 1. The van der Waals surface area contributed by atoms with Gasteiger partial charge in [-0.25, -0.2) is 0 Å². The first kappa shape index (κ1) is 14.8. The summed E-state index contributed by atoms with van der Waals surface area (Å²) in [5.74, 6) is 0.775. The summed E-state index contributed by atoms with van der Waals surface area (Å²) in [6, 6.07) is 0.593. The highest BCUT2D eigenvalue weighted by atomic mass is 16.4. The molecule has 0 bridgehead atoms. The fraction of sp³-hybridized carbons (Fsp3) is 0.938. The summed E-state index contributed by atoms with van der Waals surface area (Å²) in [6.45, 7) is 8.64. The second-order valence-corrected chi connectivity index (χ2v) is 7.19. The molecule has 3 nitrogen and oxygen atoms in total. The number of carboxylic acids is 1. The van der Waals surface area contributed by atoms with E-state index in [0.717, 1.165) is 38.8 Å². The molecule has 0 aromatic heterocycles. The van der Waals surface area contributed by atoms with Gasteiger partial charge in [0, 0.05) is 12.6 Å². The summed E-state index contributed by atoms with van der Waals surface area (Å²) in [6.07, 6.45) is 6.35. The number of hydrogen-bond acceptors (Lipinski definition) is 2. The maximum Gasteiger partial charge on any atom is 0.310 e. The van der Waals surface area contributed by atoms with Crippen LogP contribution in [-0.2, 0) is 4.79 Å². The van der Waals surface area contributed by atoms with Gasteiger partial charge in [-0.05, 0) is 56.9 Å². The Morgan fingerprint density at radius 3 is 2.47 bits per heavy atom. The minimum absolute atomic E-state index is 0.468. The van der Waals surface area contributed by atoms with Crippen LogP contribution in [0, 0.1) is 17.3 Å². The lowest BCUT2D eigenvalue weighted by atomic mass is 9.70. The summed E-state index contributed by atoms with van der Waals surface area (Å²) < 4.78 is 0. The molecule has 2 rings (SSSR count). The van der Waals surface area contributed by atoms with Crippen molar-refractivity contribution in [2.24, 2.45) is 17.3 Å².